The Balaban J connectivity index is 1.56. The largest absolute Gasteiger partial charge is 0.396 e. The van der Waals surface area contributed by atoms with Crippen LogP contribution in [0.5, 0.6) is 0 Å². The lowest BCUT2D eigenvalue weighted by atomic mass is 9.49. The zero-order valence-corrected chi connectivity index (χ0v) is 22.7. The van der Waals surface area contributed by atoms with Crippen LogP contribution in [0.3, 0.4) is 0 Å². The second-order valence-corrected chi connectivity index (χ2v) is 13.3. The Kier molecular flexibility index (Phi) is 7.97. The highest BCUT2D eigenvalue weighted by Crippen LogP contribution is 2.66. The highest BCUT2D eigenvalue weighted by molar-refractivity contribution is 5.40. The van der Waals surface area contributed by atoms with E-state index in [1.807, 2.05) is 13.8 Å². The van der Waals surface area contributed by atoms with Crippen molar-refractivity contribution >= 4 is 0 Å². The van der Waals surface area contributed by atoms with Gasteiger partial charge >= 0.3 is 0 Å². The molecule has 0 heterocycles. The van der Waals surface area contributed by atoms with Crippen molar-refractivity contribution in [1.82, 2.24) is 0 Å². The number of allylic oxidation sites excluding steroid dienone is 3. The van der Waals surface area contributed by atoms with E-state index in [1.54, 1.807) is 0 Å². The number of hydrogen-bond acceptors (Lipinski definition) is 5. The second kappa shape index (κ2) is 10.2. The van der Waals surface area contributed by atoms with Crippen molar-refractivity contribution in [3.05, 3.63) is 23.3 Å². The van der Waals surface area contributed by atoms with E-state index in [0.717, 1.165) is 19.3 Å². The molecule has 5 nitrogen and oxygen atoms in total. The summed E-state index contributed by atoms with van der Waals surface area (Å²) in [6.07, 6.45) is 11.3. The van der Waals surface area contributed by atoms with Crippen molar-refractivity contribution in [2.45, 2.75) is 116 Å². The van der Waals surface area contributed by atoms with Gasteiger partial charge in [0.15, 0.2) is 0 Å². The summed E-state index contributed by atoms with van der Waals surface area (Å²) in [4.78, 5) is 0. The summed E-state index contributed by atoms with van der Waals surface area (Å²) in [5.41, 5.74) is 2.13. The molecule has 4 rings (SSSR count). The maximum absolute atomic E-state index is 11.0. The fraction of sp³-hybridized carbons (Fsp3) is 0.867. The molecule has 3 saturated carbocycles. The summed E-state index contributed by atoms with van der Waals surface area (Å²) in [6.45, 7) is 11.5. The lowest BCUT2D eigenvalue weighted by Gasteiger charge is -2.58. The third-order valence-corrected chi connectivity index (χ3v) is 10.5. The number of ether oxygens (including phenoxy) is 1. The molecule has 0 aromatic heterocycles. The predicted octanol–water partition coefficient (Wildman–Crippen LogP) is 4.77. The lowest BCUT2D eigenvalue weighted by Crippen LogP contribution is -2.59. The molecule has 5 heteroatoms. The number of rotatable bonds is 9. The van der Waals surface area contributed by atoms with Gasteiger partial charge in [-0.25, -0.2) is 0 Å². The van der Waals surface area contributed by atoms with E-state index in [0.29, 0.717) is 43.1 Å². The predicted molar refractivity (Wildman–Crippen MR) is 139 cm³/mol. The quantitative estimate of drug-likeness (QED) is 0.350. The number of aliphatic hydroxyl groups is 4. The van der Waals surface area contributed by atoms with Gasteiger partial charge in [0, 0.05) is 18.6 Å². The maximum atomic E-state index is 11.0. The van der Waals surface area contributed by atoms with Gasteiger partial charge in [0.05, 0.1) is 17.8 Å². The molecule has 9 atom stereocenters. The highest BCUT2D eigenvalue weighted by atomic mass is 16.5. The van der Waals surface area contributed by atoms with Crippen molar-refractivity contribution in [3.8, 4) is 0 Å². The highest BCUT2D eigenvalue weighted by Gasteiger charge is 2.60. The van der Waals surface area contributed by atoms with Gasteiger partial charge < -0.3 is 25.2 Å². The fourth-order valence-electron chi connectivity index (χ4n) is 8.62. The Morgan fingerprint density at radius 1 is 1.09 bits per heavy atom. The van der Waals surface area contributed by atoms with E-state index < -0.39 is 23.9 Å². The molecule has 0 aromatic rings. The summed E-state index contributed by atoms with van der Waals surface area (Å²) in [5, 5.41) is 41.0. The standard InChI is InChI=1S/C30H50O5/c1-19(8-6-14-28(2,3)34)22-11-12-23-21-10-9-20-18-25(32)26(33)27(35-17-7-16-31)30(20,5)24(21)13-15-29(22,23)4/h9-10,19,22-27,31-34H,6-8,11-18H2,1-5H3/t19-,22-,23+,24?,25-,26+,27-,29-,30+/m1/s1. The van der Waals surface area contributed by atoms with E-state index in [-0.39, 0.29) is 17.4 Å². The lowest BCUT2D eigenvalue weighted by molar-refractivity contribution is -0.164. The molecule has 4 aliphatic carbocycles. The summed E-state index contributed by atoms with van der Waals surface area (Å²) < 4.78 is 6.24. The Labute approximate surface area is 212 Å². The Bertz CT molecular complexity index is 812. The molecule has 0 amide bonds. The monoisotopic (exact) mass is 490 g/mol. The minimum absolute atomic E-state index is 0.0646. The van der Waals surface area contributed by atoms with Crippen LogP contribution in [-0.2, 0) is 4.74 Å². The van der Waals surface area contributed by atoms with E-state index in [2.05, 4.69) is 32.9 Å². The minimum atomic E-state index is -0.907. The molecule has 200 valence electrons. The third-order valence-electron chi connectivity index (χ3n) is 10.5. The molecule has 1 unspecified atom stereocenters. The van der Waals surface area contributed by atoms with Gasteiger partial charge in [-0.05, 0) is 87.9 Å². The molecule has 0 aliphatic heterocycles. The van der Waals surface area contributed by atoms with Gasteiger partial charge in [-0.15, -0.1) is 0 Å². The fourth-order valence-corrected chi connectivity index (χ4v) is 8.62. The molecule has 3 fully saturated rings. The third kappa shape index (κ3) is 4.93. The molecule has 0 aromatic carbocycles. The van der Waals surface area contributed by atoms with Crippen LogP contribution in [0.1, 0.15) is 92.4 Å². The summed E-state index contributed by atoms with van der Waals surface area (Å²) in [7, 11) is 0. The Morgan fingerprint density at radius 3 is 2.51 bits per heavy atom. The Hall–Kier alpha value is -0.720. The zero-order chi connectivity index (χ0) is 25.6. The van der Waals surface area contributed by atoms with Crippen LogP contribution in [0.4, 0.5) is 0 Å². The van der Waals surface area contributed by atoms with Gasteiger partial charge in [0.1, 0.15) is 6.10 Å². The summed E-state index contributed by atoms with van der Waals surface area (Å²) in [6, 6.07) is 0. The van der Waals surface area contributed by atoms with Crippen molar-refractivity contribution in [2.75, 3.05) is 13.2 Å². The van der Waals surface area contributed by atoms with Crippen molar-refractivity contribution in [3.63, 3.8) is 0 Å². The number of fused-ring (bicyclic) bond motifs is 5. The van der Waals surface area contributed by atoms with Crippen molar-refractivity contribution < 1.29 is 25.2 Å². The molecule has 4 N–H and O–H groups in total. The van der Waals surface area contributed by atoms with Crippen LogP contribution < -0.4 is 0 Å². The first-order valence-electron chi connectivity index (χ1n) is 14.2. The molecule has 4 aliphatic rings. The van der Waals surface area contributed by atoms with Gasteiger partial charge in [-0.3, -0.25) is 0 Å². The minimum Gasteiger partial charge on any atom is -0.396 e. The van der Waals surface area contributed by atoms with E-state index >= 15 is 0 Å². The maximum Gasteiger partial charge on any atom is 0.107 e. The average molecular weight is 491 g/mol. The van der Waals surface area contributed by atoms with Crippen LogP contribution in [0, 0.1) is 34.5 Å². The van der Waals surface area contributed by atoms with Crippen LogP contribution in [0.2, 0.25) is 0 Å². The van der Waals surface area contributed by atoms with Crippen LogP contribution >= 0.6 is 0 Å². The Morgan fingerprint density at radius 2 is 1.83 bits per heavy atom. The molecule has 0 saturated heterocycles. The van der Waals surface area contributed by atoms with Crippen LogP contribution in [-0.4, -0.2) is 57.6 Å². The topological polar surface area (TPSA) is 90.2 Å². The molecule has 35 heavy (non-hydrogen) atoms. The van der Waals surface area contributed by atoms with E-state index in [1.165, 1.54) is 36.8 Å². The summed E-state index contributed by atoms with van der Waals surface area (Å²) >= 11 is 0. The van der Waals surface area contributed by atoms with Gasteiger partial charge in [-0.1, -0.05) is 56.9 Å². The van der Waals surface area contributed by atoms with Crippen LogP contribution in [0.25, 0.3) is 0 Å². The van der Waals surface area contributed by atoms with E-state index in [9.17, 15) is 20.4 Å². The summed E-state index contributed by atoms with van der Waals surface area (Å²) in [5.74, 6) is 2.23. The first-order valence-corrected chi connectivity index (χ1v) is 14.2. The van der Waals surface area contributed by atoms with Gasteiger partial charge in [-0.2, -0.15) is 0 Å². The molecule has 0 spiro atoms. The first kappa shape index (κ1) is 27.3. The molecular weight excluding hydrogens is 440 g/mol. The smallest absolute Gasteiger partial charge is 0.107 e. The van der Waals surface area contributed by atoms with Crippen molar-refractivity contribution in [2.24, 2.45) is 34.5 Å². The normalized spacial score (nSPS) is 42.0. The number of aliphatic hydroxyl groups excluding tert-OH is 3. The van der Waals surface area contributed by atoms with Gasteiger partial charge in [0.2, 0.25) is 0 Å². The average Bonchev–Trinajstić information content (AvgIpc) is 3.14. The molecule has 0 bridgehead atoms. The van der Waals surface area contributed by atoms with Crippen LogP contribution in [0.15, 0.2) is 23.3 Å². The van der Waals surface area contributed by atoms with Gasteiger partial charge in [0.25, 0.3) is 0 Å². The molecular formula is C30H50O5. The second-order valence-electron chi connectivity index (χ2n) is 13.3. The number of hydrogen-bond donors (Lipinski definition) is 4. The first-order chi connectivity index (χ1) is 16.4. The molecule has 0 radical (unpaired) electrons. The van der Waals surface area contributed by atoms with Crippen molar-refractivity contribution in [1.29, 1.82) is 0 Å². The SMILES string of the molecule is C[C@H](CCCC(C)(C)O)[C@H]1CC[C@H]2C3=CC=C4C[C@@H](O)[C@H](O)[C@@H](OCCCO)[C@]4(C)C3CC[C@]12C. The van der Waals surface area contributed by atoms with E-state index in [4.69, 9.17) is 4.74 Å². The zero-order valence-electron chi connectivity index (χ0n) is 22.7.